The van der Waals surface area contributed by atoms with E-state index in [0.717, 1.165) is 45.1 Å². The lowest BCUT2D eigenvalue weighted by Crippen LogP contribution is -2.38. The van der Waals surface area contributed by atoms with Gasteiger partial charge in [-0.15, -0.1) is 0 Å². The third-order valence-corrected chi connectivity index (χ3v) is 4.09. The molecular formula is C19H22FN3O2. The van der Waals surface area contributed by atoms with Crippen LogP contribution in [0.2, 0.25) is 0 Å². The number of anilines is 2. The highest BCUT2D eigenvalue weighted by atomic mass is 19.1. The van der Waals surface area contributed by atoms with Crippen molar-refractivity contribution in [2.24, 2.45) is 0 Å². The Morgan fingerprint density at radius 1 is 1.08 bits per heavy atom. The summed E-state index contributed by atoms with van der Waals surface area (Å²) < 4.78 is 18.5. The topological polar surface area (TPSA) is 53.6 Å². The van der Waals surface area contributed by atoms with Gasteiger partial charge in [0.1, 0.15) is 5.82 Å². The fraction of sp³-hybridized carbons (Fsp3) is 0.316. The monoisotopic (exact) mass is 343 g/mol. The van der Waals surface area contributed by atoms with E-state index in [-0.39, 0.29) is 5.91 Å². The molecule has 0 aliphatic carbocycles. The van der Waals surface area contributed by atoms with Crippen molar-refractivity contribution in [3.05, 3.63) is 59.9 Å². The molecule has 1 saturated heterocycles. The first kappa shape index (κ1) is 17.4. The van der Waals surface area contributed by atoms with Gasteiger partial charge in [-0.1, -0.05) is 6.07 Å². The normalized spacial score (nSPS) is 14.9. The third-order valence-electron chi connectivity index (χ3n) is 4.09. The molecule has 0 spiro atoms. The summed E-state index contributed by atoms with van der Waals surface area (Å²) in [4.78, 5) is 14.5. The van der Waals surface area contributed by atoms with E-state index >= 15 is 0 Å². The minimum Gasteiger partial charge on any atom is -0.384 e. The highest BCUT2D eigenvalue weighted by Crippen LogP contribution is 2.15. The number of hydrogen-bond acceptors (Lipinski definition) is 4. The molecule has 6 heteroatoms. The second-order valence-corrected chi connectivity index (χ2v) is 5.92. The summed E-state index contributed by atoms with van der Waals surface area (Å²) in [6.07, 6.45) is 0. The summed E-state index contributed by atoms with van der Waals surface area (Å²) in [5.74, 6) is -0.750. The van der Waals surface area contributed by atoms with Crippen molar-refractivity contribution >= 4 is 17.3 Å². The molecular weight excluding hydrogens is 321 g/mol. The van der Waals surface area contributed by atoms with Crippen LogP contribution in [0.25, 0.3) is 0 Å². The van der Waals surface area contributed by atoms with Gasteiger partial charge in [0.2, 0.25) is 0 Å². The number of carbonyl (C=O) groups excluding carboxylic acids is 1. The van der Waals surface area contributed by atoms with E-state index in [1.165, 1.54) is 18.2 Å². The number of amides is 1. The number of morpholine rings is 1. The summed E-state index contributed by atoms with van der Waals surface area (Å²) in [7, 11) is 0. The van der Waals surface area contributed by atoms with E-state index in [1.54, 1.807) is 6.07 Å². The fourth-order valence-electron chi connectivity index (χ4n) is 2.69. The summed E-state index contributed by atoms with van der Waals surface area (Å²) in [5, 5.41) is 6.13. The molecule has 1 aliphatic rings. The molecule has 3 rings (SSSR count). The molecule has 0 bridgehead atoms. The lowest BCUT2D eigenvalue weighted by Gasteiger charge is -2.26. The van der Waals surface area contributed by atoms with Gasteiger partial charge in [-0.05, 0) is 42.5 Å². The average Bonchev–Trinajstić information content (AvgIpc) is 2.64. The minimum atomic E-state index is -0.424. The van der Waals surface area contributed by atoms with E-state index < -0.39 is 5.82 Å². The number of nitrogens with one attached hydrogen (secondary N) is 2. The molecule has 5 nitrogen and oxygen atoms in total. The summed E-state index contributed by atoms with van der Waals surface area (Å²) in [6.45, 7) is 5.40. The van der Waals surface area contributed by atoms with Crippen LogP contribution in [0.15, 0.2) is 48.5 Å². The van der Waals surface area contributed by atoms with Crippen LogP contribution in [0.5, 0.6) is 0 Å². The molecule has 25 heavy (non-hydrogen) atoms. The number of halogens is 1. The molecule has 2 aromatic rings. The standard InChI is InChI=1S/C19H22FN3O2/c20-16-3-1-2-15(14-16)19(24)22-18-6-4-17(5-7-18)21-8-9-23-10-12-25-13-11-23/h1-7,14,21H,8-13H2,(H,22,24). The smallest absolute Gasteiger partial charge is 0.255 e. The highest BCUT2D eigenvalue weighted by Gasteiger charge is 2.09. The van der Waals surface area contributed by atoms with Crippen molar-refractivity contribution in [1.29, 1.82) is 0 Å². The second-order valence-electron chi connectivity index (χ2n) is 5.92. The molecule has 2 aromatic carbocycles. The van der Waals surface area contributed by atoms with Crippen LogP contribution in [-0.2, 0) is 4.74 Å². The molecule has 0 atom stereocenters. The Morgan fingerprint density at radius 3 is 2.52 bits per heavy atom. The lowest BCUT2D eigenvalue weighted by molar-refractivity contribution is 0.0398. The van der Waals surface area contributed by atoms with Crippen molar-refractivity contribution < 1.29 is 13.9 Å². The predicted molar refractivity (Wildman–Crippen MR) is 96.5 cm³/mol. The van der Waals surface area contributed by atoms with E-state index in [1.807, 2.05) is 24.3 Å². The maximum atomic E-state index is 13.2. The Kier molecular flexibility index (Phi) is 5.98. The Labute approximate surface area is 146 Å². The quantitative estimate of drug-likeness (QED) is 0.847. The lowest BCUT2D eigenvalue weighted by atomic mass is 10.2. The van der Waals surface area contributed by atoms with Gasteiger partial charge >= 0.3 is 0 Å². The van der Waals surface area contributed by atoms with Gasteiger partial charge in [-0.25, -0.2) is 4.39 Å². The molecule has 0 saturated carbocycles. The van der Waals surface area contributed by atoms with Gasteiger partial charge in [0.25, 0.3) is 5.91 Å². The molecule has 0 aromatic heterocycles. The van der Waals surface area contributed by atoms with E-state index in [2.05, 4.69) is 15.5 Å². The van der Waals surface area contributed by atoms with Crippen LogP contribution in [0, 0.1) is 5.82 Å². The molecule has 0 radical (unpaired) electrons. The van der Waals surface area contributed by atoms with Crippen molar-refractivity contribution in [2.45, 2.75) is 0 Å². The number of nitrogens with zero attached hydrogens (tertiary/aromatic N) is 1. The van der Waals surface area contributed by atoms with Crippen LogP contribution < -0.4 is 10.6 Å². The zero-order chi connectivity index (χ0) is 17.5. The number of carbonyl (C=O) groups is 1. The highest BCUT2D eigenvalue weighted by molar-refractivity contribution is 6.04. The largest absolute Gasteiger partial charge is 0.384 e. The fourth-order valence-corrected chi connectivity index (χ4v) is 2.69. The van der Waals surface area contributed by atoms with Gasteiger partial charge in [0.15, 0.2) is 0 Å². The van der Waals surface area contributed by atoms with Crippen LogP contribution in [0.3, 0.4) is 0 Å². The molecule has 0 unspecified atom stereocenters. The molecule has 1 heterocycles. The van der Waals surface area contributed by atoms with Gasteiger partial charge in [-0.3, -0.25) is 9.69 Å². The number of benzene rings is 2. The number of hydrogen-bond donors (Lipinski definition) is 2. The van der Waals surface area contributed by atoms with Crippen molar-refractivity contribution in [3.8, 4) is 0 Å². The van der Waals surface area contributed by atoms with Crippen molar-refractivity contribution in [2.75, 3.05) is 50.0 Å². The number of rotatable bonds is 6. The number of ether oxygens (including phenoxy) is 1. The van der Waals surface area contributed by atoms with Gasteiger partial charge in [-0.2, -0.15) is 0 Å². The van der Waals surface area contributed by atoms with E-state index in [4.69, 9.17) is 4.74 Å². The molecule has 1 aliphatic heterocycles. The Balaban J connectivity index is 1.47. The summed E-state index contributed by atoms with van der Waals surface area (Å²) in [5.41, 5.74) is 1.97. The van der Waals surface area contributed by atoms with Crippen LogP contribution in [0.1, 0.15) is 10.4 Å². The van der Waals surface area contributed by atoms with E-state index in [9.17, 15) is 9.18 Å². The van der Waals surface area contributed by atoms with Gasteiger partial charge in [0.05, 0.1) is 13.2 Å². The van der Waals surface area contributed by atoms with Gasteiger partial charge in [0, 0.05) is 43.1 Å². The SMILES string of the molecule is O=C(Nc1ccc(NCCN2CCOCC2)cc1)c1cccc(F)c1. The molecule has 1 amide bonds. The minimum absolute atomic E-state index is 0.299. The first-order valence-electron chi connectivity index (χ1n) is 8.42. The van der Waals surface area contributed by atoms with E-state index in [0.29, 0.717) is 11.3 Å². The molecule has 1 fully saturated rings. The second kappa shape index (κ2) is 8.60. The summed E-state index contributed by atoms with van der Waals surface area (Å²) >= 11 is 0. The van der Waals surface area contributed by atoms with Crippen molar-refractivity contribution in [3.63, 3.8) is 0 Å². The maximum absolute atomic E-state index is 13.2. The van der Waals surface area contributed by atoms with Crippen LogP contribution >= 0.6 is 0 Å². The first-order chi connectivity index (χ1) is 12.2. The Hall–Kier alpha value is -2.44. The predicted octanol–water partition coefficient (Wildman–Crippen LogP) is 2.82. The zero-order valence-electron chi connectivity index (χ0n) is 14.0. The van der Waals surface area contributed by atoms with Crippen molar-refractivity contribution in [1.82, 2.24) is 4.90 Å². The zero-order valence-corrected chi connectivity index (χ0v) is 14.0. The average molecular weight is 343 g/mol. The van der Waals surface area contributed by atoms with Crippen LogP contribution in [0.4, 0.5) is 15.8 Å². The molecule has 2 N–H and O–H groups in total. The third kappa shape index (κ3) is 5.27. The summed E-state index contributed by atoms with van der Waals surface area (Å²) in [6, 6.07) is 13.1. The maximum Gasteiger partial charge on any atom is 0.255 e. The first-order valence-corrected chi connectivity index (χ1v) is 8.42. The molecule has 132 valence electrons. The van der Waals surface area contributed by atoms with Gasteiger partial charge < -0.3 is 15.4 Å². The Bertz CT molecular complexity index is 700. The Morgan fingerprint density at radius 2 is 1.80 bits per heavy atom. The van der Waals surface area contributed by atoms with Crippen LogP contribution in [-0.4, -0.2) is 50.2 Å².